The molecule has 1 aliphatic heterocycles. The molecule has 2 fully saturated rings. The first kappa shape index (κ1) is 13.8. The second-order valence-corrected chi connectivity index (χ2v) is 6.07. The first-order chi connectivity index (χ1) is 9.81. The van der Waals surface area contributed by atoms with Crippen LogP contribution in [0.5, 0.6) is 0 Å². The van der Waals surface area contributed by atoms with Crippen LogP contribution < -0.4 is 0 Å². The number of hydrogen-bond acceptors (Lipinski definition) is 3. The van der Waals surface area contributed by atoms with Crippen molar-refractivity contribution in [2.24, 2.45) is 0 Å². The van der Waals surface area contributed by atoms with Gasteiger partial charge in [-0.25, -0.2) is 0 Å². The number of hydrogen-bond donors (Lipinski definition) is 0. The number of carbonyl (C=O) groups is 1. The Morgan fingerprint density at radius 3 is 2.25 bits per heavy atom. The Morgan fingerprint density at radius 1 is 0.950 bits per heavy atom. The van der Waals surface area contributed by atoms with Gasteiger partial charge in [-0.15, -0.1) is 0 Å². The molecule has 0 N–H and O–H groups in total. The maximum absolute atomic E-state index is 11.3. The Kier molecular flexibility index (Phi) is 4.48. The minimum Gasteiger partial charge on any atom is -0.300 e. The summed E-state index contributed by atoms with van der Waals surface area (Å²) in [4.78, 5) is 16.5. The standard InChI is InChI=1S/C17H24N2O/c20-17-8-6-16(7-9-17)19-12-10-18(11-13-19)14-15-4-2-1-3-5-15/h1-5,16H,6-14H2. The van der Waals surface area contributed by atoms with Crippen molar-refractivity contribution in [3.05, 3.63) is 35.9 Å². The maximum atomic E-state index is 11.3. The molecule has 1 saturated carbocycles. The van der Waals surface area contributed by atoms with Gasteiger partial charge in [-0.2, -0.15) is 0 Å². The molecule has 2 aliphatic rings. The summed E-state index contributed by atoms with van der Waals surface area (Å²) in [5, 5.41) is 0. The average Bonchev–Trinajstić information content (AvgIpc) is 2.50. The van der Waals surface area contributed by atoms with E-state index in [1.54, 1.807) is 0 Å². The largest absolute Gasteiger partial charge is 0.300 e. The molecule has 0 amide bonds. The van der Waals surface area contributed by atoms with Crippen LogP contribution in [0.25, 0.3) is 0 Å². The van der Waals surface area contributed by atoms with E-state index in [2.05, 4.69) is 40.1 Å². The van der Waals surface area contributed by atoms with Crippen molar-refractivity contribution >= 4 is 5.78 Å². The summed E-state index contributed by atoms with van der Waals surface area (Å²) in [6.45, 7) is 5.69. The molecule has 1 aromatic carbocycles. The molecule has 0 bridgehead atoms. The minimum atomic E-state index is 0.462. The normalized spacial score (nSPS) is 23.1. The SMILES string of the molecule is O=C1CCC(N2CCN(Cc3ccccc3)CC2)CC1. The van der Waals surface area contributed by atoms with Crippen LogP contribution in [-0.2, 0) is 11.3 Å². The molecule has 0 spiro atoms. The monoisotopic (exact) mass is 272 g/mol. The van der Waals surface area contributed by atoms with Gasteiger partial charge in [0.1, 0.15) is 5.78 Å². The molecule has 3 heteroatoms. The first-order valence-corrected chi connectivity index (χ1v) is 7.83. The highest BCUT2D eigenvalue weighted by Gasteiger charge is 2.27. The Bertz CT molecular complexity index is 428. The van der Waals surface area contributed by atoms with Crippen LogP contribution in [0.4, 0.5) is 0 Å². The summed E-state index contributed by atoms with van der Waals surface area (Å²) in [6, 6.07) is 11.4. The molecule has 1 heterocycles. The summed E-state index contributed by atoms with van der Waals surface area (Å²) in [5.41, 5.74) is 1.41. The lowest BCUT2D eigenvalue weighted by molar-refractivity contribution is -0.121. The first-order valence-electron chi connectivity index (χ1n) is 7.83. The van der Waals surface area contributed by atoms with Crippen molar-refractivity contribution in [2.75, 3.05) is 26.2 Å². The predicted octanol–water partition coefficient (Wildman–Crippen LogP) is 2.32. The Balaban J connectivity index is 1.46. The zero-order valence-electron chi connectivity index (χ0n) is 12.1. The van der Waals surface area contributed by atoms with Gasteiger partial charge in [0, 0.05) is 51.6 Å². The number of rotatable bonds is 3. The van der Waals surface area contributed by atoms with Gasteiger partial charge in [-0.05, 0) is 18.4 Å². The van der Waals surface area contributed by atoms with E-state index in [4.69, 9.17) is 0 Å². The van der Waals surface area contributed by atoms with E-state index in [-0.39, 0.29) is 0 Å². The van der Waals surface area contributed by atoms with Crippen LogP contribution in [0, 0.1) is 0 Å². The number of benzene rings is 1. The molecular formula is C17H24N2O. The van der Waals surface area contributed by atoms with Crippen molar-refractivity contribution < 1.29 is 4.79 Å². The molecule has 3 nitrogen and oxygen atoms in total. The number of Topliss-reactive ketones (excluding diaryl/α,β-unsaturated/α-hetero) is 1. The van der Waals surface area contributed by atoms with E-state index in [0.29, 0.717) is 11.8 Å². The fraction of sp³-hybridized carbons (Fsp3) is 0.588. The van der Waals surface area contributed by atoms with Gasteiger partial charge >= 0.3 is 0 Å². The van der Waals surface area contributed by atoms with Crippen LogP contribution in [0.3, 0.4) is 0 Å². The van der Waals surface area contributed by atoms with E-state index >= 15 is 0 Å². The Labute approximate surface area is 121 Å². The van der Waals surface area contributed by atoms with Gasteiger partial charge in [0.25, 0.3) is 0 Å². The third-order valence-corrected chi connectivity index (χ3v) is 4.69. The van der Waals surface area contributed by atoms with E-state index in [0.717, 1.165) is 58.4 Å². The lowest BCUT2D eigenvalue weighted by Gasteiger charge is -2.40. The highest BCUT2D eigenvalue weighted by Crippen LogP contribution is 2.22. The van der Waals surface area contributed by atoms with Crippen molar-refractivity contribution in [3.63, 3.8) is 0 Å². The number of piperazine rings is 1. The van der Waals surface area contributed by atoms with Gasteiger partial charge in [0.05, 0.1) is 0 Å². The second-order valence-electron chi connectivity index (χ2n) is 6.07. The fourth-order valence-electron chi connectivity index (χ4n) is 3.42. The van der Waals surface area contributed by atoms with Gasteiger partial charge < -0.3 is 0 Å². The number of ketones is 1. The summed E-state index contributed by atoms with van der Waals surface area (Å²) >= 11 is 0. The quantitative estimate of drug-likeness (QED) is 0.843. The number of carbonyl (C=O) groups excluding carboxylic acids is 1. The van der Waals surface area contributed by atoms with E-state index in [9.17, 15) is 4.79 Å². The van der Waals surface area contributed by atoms with Gasteiger partial charge in [0.15, 0.2) is 0 Å². The molecule has 1 aromatic rings. The summed E-state index contributed by atoms with van der Waals surface area (Å²) < 4.78 is 0. The van der Waals surface area contributed by atoms with E-state index in [1.165, 1.54) is 5.56 Å². The third kappa shape index (κ3) is 3.47. The zero-order valence-corrected chi connectivity index (χ0v) is 12.1. The maximum Gasteiger partial charge on any atom is 0.133 e. The molecule has 0 unspecified atom stereocenters. The van der Waals surface area contributed by atoms with Crippen LogP contribution >= 0.6 is 0 Å². The molecular weight excluding hydrogens is 248 g/mol. The van der Waals surface area contributed by atoms with Gasteiger partial charge in [-0.3, -0.25) is 14.6 Å². The van der Waals surface area contributed by atoms with Crippen LogP contribution in [0.2, 0.25) is 0 Å². The molecule has 0 aromatic heterocycles. The average molecular weight is 272 g/mol. The van der Waals surface area contributed by atoms with Crippen LogP contribution in [0.15, 0.2) is 30.3 Å². The van der Waals surface area contributed by atoms with Crippen LogP contribution in [-0.4, -0.2) is 47.8 Å². The predicted molar refractivity (Wildman–Crippen MR) is 80.6 cm³/mol. The highest BCUT2D eigenvalue weighted by molar-refractivity contribution is 5.79. The van der Waals surface area contributed by atoms with Crippen molar-refractivity contribution in [2.45, 2.75) is 38.3 Å². The molecule has 20 heavy (non-hydrogen) atoms. The Hall–Kier alpha value is -1.19. The lowest BCUT2D eigenvalue weighted by Crippen LogP contribution is -2.50. The van der Waals surface area contributed by atoms with Gasteiger partial charge in [0.2, 0.25) is 0 Å². The molecule has 0 atom stereocenters. The topological polar surface area (TPSA) is 23.6 Å². The molecule has 1 saturated heterocycles. The van der Waals surface area contributed by atoms with Crippen molar-refractivity contribution in [1.29, 1.82) is 0 Å². The van der Waals surface area contributed by atoms with Gasteiger partial charge in [-0.1, -0.05) is 30.3 Å². The summed E-state index contributed by atoms with van der Waals surface area (Å²) in [5.74, 6) is 0.462. The van der Waals surface area contributed by atoms with E-state index < -0.39 is 0 Å². The molecule has 3 rings (SSSR count). The minimum absolute atomic E-state index is 0.462. The summed E-state index contributed by atoms with van der Waals surface area (Å²) in [6.07, 6.45) is 3.76. The number of nitrogens with zero attached hydrogens (tertiary/aromatic N) is 2. The zero-order chi connectivity index (χ0) is 13.8. The lowest BCUT2D eigenvalue weighted by atomic mass is 9.93. The fourth-order valence-corrected chi connectivity index (χ4v) is 3.42. The second kappa shape index (κ2) is 6.51. The van der Waals surface area contributed by atoms with Crippen molar-refractivity contribution in [1.82, 2.24) is 9.80 Å². The van der Waals surface area contributed by atoms with E-state index in [1.807, 2.05) is 0 Å². The van der Waals surface area contributed by atoms with Crippen LogP contribution in [0.1, 0.15) is 31.2 Å². The molecule has 108 valence electrons. The highest BCUT2D eigenvalue weighted by atomic mass is 16.1. The third-order valence-electron chi connectivity index (χ3n) is 4.69. The molecule has 0 radical (unpaired) electrons. The summed E-state index contributed by atoms with van der Waals surface area (Å²) in [7, 11) is 0. The Morgan fingerprint density at radius 2 is 1.60 bits per heavy atom. The molecule has 1 aliphatic carbocycles. The smallest absolute Gasteiger partial charge is 0.133 e. The van der Waals surface area contributed by atoms with Crippen molar-refractivity contribution in [3.8, 4) is 0 Å².